The Morgan fingerprint density at radius 1 is 1.32 bits per heavy atom. The van der Waals surface area contributed by atoms with Gasteiger partial charge in [0.25, 0.3) is 0 Å². The molecule has 1 fully saturated rings. The molecule has 0 heterocycles. The minimum absolute atomic E-state index is 0.0229. The maximum atomic E-state index is 12.0. The molecular weight excluding hydrogens is 242 g/mol. The topological polar surface area (TPSA) is 66.4 Å². The molecule has 2 atom stereocenters. The number of benzene rings is 1. The molecule has 1 aromatic rings. The molecule has 0 aliphatic heterocycles. The molecular formula is C15H19NO3. The van der Waals surface area contributed by atoms with Crippen LogP contribution in [0.5, 0.6) is 0 Å². The number of nitrogens with one attached hydrogen (secondary N) is 1. The molecule has 0 bridgehead atoms. The molecule has 0 saturated heterocycles. The second kappa shape index (κ2) is 5.87. The molecule has 102 valence electrons. The first-order valence-corrected chi connectivity index (χ1v) is 6.62. The van der Waals surface area contributed by atoms with Crippen molar-refractivity contribution < 1.29 is 14.7 Å². The predicted molar refractivity (Wildman–Crippen MR) is 71.5 cm³/mol. The number of carboxylic acids is 1. The Bertz CT molecular complexity index is 484. The maximum Gasteiger partial charge on any atom is 0.306 e. The largest absolute Gasteiger partial charge is 0.481 e. The summed E-state index contributed by atoms with van der Waals surface area (Å²) in [6, 6.07) is 7.99. The number of carbonyl (C=O) groups is 2. The van der Waals surface area contributed by atoms with E-state index in [1.165, 1.54) is 5.56 Å². The minimum Gasteiger partial charge on any atom is -0.481 e. The van der Waals surface area contributed by atoms with Gasteiger partial charge in [0.1, 0.15) is 0 Å². The first-order chi connectivity index (χ1) is 9.06. The predicted octanol–water partition coefficient (Wildman–Crippen LogP) is 2.11. The number of rotatable bonds is 4. The van der Waals surface area contributed by atoms with Crippen LogP contribution in [-0.2, 0) is 16.1 Å². The van der Waals surface area contributed by atoms with Crippen LogP contribution in [0.4, 0.5) is 0 Å². The summed E-state index contributed by atoms with van der Waals surface area (Å²) < 4.78 is 0. The lowest BCUT2D eigenvalue weighted by molar-refractivity contribution is -0.141. The smallest absolute Gasteiger partial charge is 0.306 e. The van der Waals surface area contributed by atoms with Gasteiger partial charge < -0.3 is 10.4 Å². The summed E-state index contributed by atoms with van der Waals surface area (Å²) >= 11 is 0. The summed E-state index contributed by atoms with van der Waals surface area (Å²) in [7, 11) is 0. The third-order valence-electron chi connectivity index (χ3n) is 3.70. The average molecular weight is 261 g/mol. The molecule has 1 aromatic carbocycles. The molecule has 4 nitrogen and oxygen atoms in total. The van der Waals surface area contributed by atoms with Crippen molar-refractivity contribution in [3.05, 3.63) is 35.4 Å². The van der Waals surface area contributed by atoms with Gasteiger partial charge in [0, 0.05) is 12.5 Å². The molecule has 1 aliphatic rings. The Labute approximate surface area is 112 Å². The van der Waals surface area contributed by atoms with E-state index in [0.717, 1.165) is 5.56 Å². The van der Waals surface area contributed by atoms with Gasteiger partial charge in [-0.3, -0.25) is 9.59 Å². The van der Waals surface area contributed by atoms with Crippen LogP contribution in [0.15, 0.2) is 24.3 Å². The normalized spacial score (nSPS) is 22.2. The van der Waals surface area contributed by atoms with Gasteiger partial charge in [0.05, 0.1) is 5.92 Å². The van der Waals surface area contributed by atoms with Crippen molar-refractivity contribution in [1.29, 1.82) is 0 Å². The maximum absolute atomic E-state index is 12.0. The average Bonchev–Trinajstić information content (AvgIpc) is 2.86. The zero-order valence-corrected chi connectivity index (χ0v) is 11.1. The molecule has 0 aromatic heterocycles. The zero-order valence-electron chi connectivity index (χ0n) is 11.1. The quantitative estimate of drug-likeness (QED) is 0.872. The molecule has 0 spiro atoms. The van der Waals surface area contributed by atoms with Crippen LogP contribution in [0.2, 0.25) is 0 Å². The van der Waals surface area contributed by atoms with Gasteiger partial charge in [-0.25, -0.2) is 0 Å². The number of carboxylic acid groups (broad SMARTS) is 1. The van der Waals surface area contributed by atoms with Gasteiger partial charge >= 0.3 is 5.97 Å². The SMILES string of the molecule is Cc1cccc(CNC(=O)[C@@H]2CC[C@H](C(=O)O)C2)c1. The monoisotopic (exact) mass is 261 g/mol. The Morgan fingerprint density at radius 3 is 2.68 bits per heavy atom. The first kappa shape index (κ1) is 13.6. The standard InChI is InChI=1S/C15H19NO3/c1-10-3-2-4-11(7-10)9-16-14(17)12-5-6-13(8-12)15(18)19/h2-4,7,12-13H,5-6,8-9H2,1H3,(H,16,17)(H,18,19)/t12-,13+/m1/s1. The van der Waals surface area contributed by atoms with E-state index >= 15 is 0 Å². The Balaban J connectivity index is 1.84. The molecule has 0 unspecified atom stereocenters. The van der Waals surface area contributed by atoms with Crippen LogP contribution in [0.1, 0.15) is 30.4 Å². The number of amides is 1. The van der Waals surface area contributed by atoms with Crippen molar-refractivity contribution in [3.63, 3.8) is 0 Å². The van der Waals surface area contributed by atoms with Crippen LogP contribution in [0.3, 0.4) is 0 Å². The minimum atomic E-state index is -0.783. The Kier molecular flexibility index (Phi) is 4.20. The highest BCUT2D eigenvalue weighted by Crippen LogP contribution is 2.31. The van der Waals surface area contributed by atoms with Gasteiger partial charge in [-0.05, 0) is 31.7 Å². The lowest BCUT2D eigenvalue weighted by atomic mass is 10.0. The third kappa shape index (κ3) is 3.56. The Morgan fingerprint density at radius 2 is 2.05 bits per heavy atom. The van der Waals surface area contributed by atoms with E-state index in [2.05, 4.69) is 5.32 Å². The van der Waals surface area contributed by atoms with Crippen molar-refractivity contribution in [2.24, 2.45) is 11.8 Å². The van der Waals surface area contributed by atoms with E-state index in [9.17, 15) is 9.59 Å². The summed E-state index contributed by atoms with van der Waals surface area (Å²) in [5.41, 5.74) is 2.24. The number of aryl methyl sites for hydroxylation is 1. The van der Waals surface area contributed by atoms with E-state index < -0.39 is 5.97 Å². The first-order valence-electron chi connectivity index (χ1n) is 6.62. The fourth-order valence-electron chi connectivity index (χ4n) is 2.60. The van der Waals surface area contributed by atoms with E-state index in [1.807, 2.05) is 31.2 Å². The number of hydrogen-bond acceptors (Lipinski definition) is 2. The van der Waals surface area contributed by atoms with Crippen molar-refractivity contribution in [1.82, 2.24) is 5.32 Å². The molecule has 2 N–H and O–H groups in total. The van der Waals surface area contributed by atoms with Crippen molar-refractivity contribution in [3.8, 4) is 0 Å². The number of aliphatic carboxylic acids is 1. The van der Waals surface area contributed by atoms with E-state index in [4.69, 9.17) is 5.11 Å². The highest BCUT2D eigenvalue weighted by atomic mass is 16.4. The lowest BCUT2D eigenvalue weighted by Crippen LogP contribution is -2.29. The van der Waals surface area contributed by atoms with Crippen LogP contribution in [-0.4, -0.2) is 17.0 Å². The van der Waals surface area contributed by atoms with Gasteiger partial charge in [-0.15, -0.1) is 0 Å². The van der Waals surface area contributed by atoms with Crippen LogP contribution in [0.25, 0.3) is 0 Å². The molecule has 0 radical (unpaired) electrons. The van der Waals surface area contributed by atoms with Gasteiger partial charge in [-0.2, -0.15) is 0 Å². The molecule has 1 saturated carbocycles. The summed E-state index contributed by atoms with van der Waals surface area (Å²) in [5.74, 6) is -1.31. The third-order valence-corrected chi connectivity index (χ3v) is 3.70. The molecule has 2 rings (SSSR count). The summed E-state index contributed by atoms with van der Waals surface area (Å²) in [4.78, 5) is 22.8. The number of carbonyl (C=O) groups excluding carboxylic acids is 1. The van der Waals surface area contributed by atoms with Gasteiger partial charge in [0.2, 0.25) is 5.91 Å². The molecule has 1 amide bonds. The van der Waals surface area contributed by atoms with Crippen LogP contribution in [0, 0.1) is 18.8 Å². The van der Waals surface area contributed by atoms with Crippen molar-refractivity contribution >= 4 is 11.9 Å². The van der Waals surface area contributed by atoms with E-state index in [-0.39, 0.29) is 17.7 Å². The highest BCUT2D eigenvalue weighted by Gasteiger charge is 2.33. The van der Waals surface area contributed by atoms with E-state index in [0.29, 0.717) is 25.8 Å². The van der Waals surface area contributed by atoms with Crippen molar-refractivity contribution in [2.75, 3.05) is 0 Å². The molecule has 19 heavy (non-hydrogen) atoms. The highest BCUT2D eigenvalue weighted by molar-refractivity contribution is 5.80. The van der Waals surface area contributed by atoms with Gasteiger partial charge in [-0.1, -0.05) is 29.8 Å². The lowest BCUT2D eigenvalue weighted by Gasteiger charge is -2.11. The molecule has 1 aliphatic carbocycles. The van der Waals surface area contributed by atoms with Crippen LogP contribution >= 0.6 is 0 Å². The van der Waals surface area contributed by atoms with Crippen LogP contribution < -0.4 is 5.32 Å². The fraction of sp³-hybridized carbons (Fsp3) is 0.467. The number of hydrogen-bond donors (Lipinski definition) is 2. The van der Waals surface area contributed by atoms with Gasteiger partial charge in [0.15, 0.2) is 0 Å². The second-order valence-electron chi connectivity index (χ2n) is 5.25. The molecule has 4 heteroatoms. The van der Waals surface area contributed by atoms with E-state index in [1.54, 1.807) is 0 Å². The summed E-state index contributed by atoms with van der Waals surface area (Å²) in [6.07, 6.45) is 1.75. The second-order valence-corrected chi connectivity index (χ2v) is 5.25. The summed E-state index contributed by atoms with van der Waals surface area (Å²) in [5, 5.41) is 11.8. The fourth-order valence-corrected chi connectivity index (χ4v) is 2.60. The van der Waals surface area contributed by atoms with Crippen molar-refractivity contribution in [2.45, 2.75) is 32.7 Å². The zero-order chi connectivity index (χ0) is 13.8. The Hall–Kier alpha value is -1.84. The summed E-state index contributed by atoms with van der Waals surface area (Å²) in [6.45, 7) is 2.52.